The van der Waals surface area contributed by atoms with E-state index in [4.69, 9.17) is 0 Å². The lowest BCUT2D eigenvalue weighted by Gasteiger charge is -2.18. The van der Waals surface area contributed by atoms with Crippen molar-refractivity contribution in [1.29, 1.82) is 5.26 Å². The van der Waals surface area contributed by atoms with Crippen molar-refractivity contribution >= 4 is 39.6 Å². The number of rotatable bonds is 4. The van der Waals surface area contributed by atoms with Crippen LogP contribution in [0.1, 0.15) is 11.1 Å². The van der Waals surface area contributed by atoms with E-state index in [1.807, 2.05) is 41.1 Å². The van der Waals surface area contributed by atoms with Gasteiger partial charge in [0.05, 0.1) is 11.1 Å². The first-order valence-corrected chi connectivity index (χ1v) is 9.89. The van der Waals surface area contributed by atoms with E-state index in [1.54, 1.807) is 0 Å². The molecule has 1 aliphatic heterocycles. The Balaban J connectivity index is 1.53. The number of nitrogens with zero attached hydrogens (tertiary/aromatic N) is 5. The number of tetrazole rings is 1. The molecule has 0 saturated heterocycles. The molecule has 4 rings (SSSR count). The molecule has 3 aromatic rings. The largest absolute Gasteiger partial charge is 0.270 e. The van der Waals surface area contributed by atoms with Crippen molar-refractivity contribution in [2.45, 2.75) is 5.75 Å². The first kappa shape index (κ1) is 17.3. The third kappa shape index (κ3) is 3.72. The number of aromatic amines is 1. The number of aliphatic imine (C=N–C) groups is 1. The number of aromatic nitrogens is 4. The Morgan fingerprint density at radius 3 is 2.96 bits per heavy atom. The molecule has 1 unspecified atom stereocenters. The van der Waals surface area contributed by atoms with E-state index < -0.39 is 5.92 Å². The Kier molecular flexibility index (Phi) is 4.91. The van der Waals surface area contributed by atoms with Gasteiger partial charge in [-0.15, -0.1) is 22.0 Å². The minimum atomic E-state index is -0.539. The molecule has 0 bridgehead atoms. The van der Waals surface area contributed by atoms with Gasteiger partial charge in [0.1, 0.15) is 5.92 Å². The van der Waals surface area contributed by atoms with Crippen LogP contribution in [0, 0.1) is 17.2 Å². The second kappa shape index (κ2) is 7.65. The standard InChI is InChI=1S/C18H12N6OS2/c19-8-15-14(13-4-5-26-10-13)7-16(25)20-18(15)27-9-11-2-1-3-12(6-11)17-21-23-24-22-17/h1-7,10,15H,9H2,(H,21,22,23,24). The maximum Gasteiger partial charge on any atom is 0.270 e. The van der Waals surface area contributed by atoms with E-state index in [1.165, 1.54) is 29.2 Å². The summed E-state index contributed by atoms with van der Waals surface area (Å²) in [5.41, 5.74) is 3.47. The molecule has 1 atom stereocenters. The molecule has 132 valence electrons. The minimum absolute atomic E-state index is 0.328. The highest BCUT2D eigenvalue weighted by atomic mass is 32.2. The summed E-state index contributed by atoms with van der Waals surface area (Å²) >= 11 is 2.93. The summed E-state index contributed by atoms with van der Waals surface area (Å²) in [5.74, 6) is 0.227. The summed E-state index contributed by atoms with van der Waals surface area (Å²) in [5, 5.41) is 28.0. The molecule has 3 heterocycles. The van der Waals surface area contributed by atoms with Gasteiger partial charge in [-0.05, 0) is 44.8 Å². The molecular formula is C18H12N6OS2. The van der Waals surface area contributed by atoms with Gasteiger partial charge < -0.3 is 0 Å². The van der Waals surface area contributed by atoms with Crippen LogP contribution >= 0.6 is 23.1 Å². The van der Waals surface area contributed by atoms with Gasteiger partial charge >= 0.3 is 0 Å². The van der Waals surface area contributed by atoms with Crippen molar-refractivity contribution in [3.05, 3.63) is 58.3 Å². The van der Waals surface area contributed by atoms with Crippen LogP contribution in [-0.2, 0) is 10.5 Å². The molecule has 0 radical (unpaired) electrons. The minimum Gasteiger partial charge on any atom is -0.267 e. The van der Waals surface area contributed by atoms with Crippen LogP contribution in [0.5, 0.6) is 0 Å². The molecule has 1 N–H and O–H groups in total. The van der Waals surface area contributed by atoms with E-state index in [0.29, 0.717) is 22.2 Å². The zero-order valence-corrected chi connectivity index (χ0v) is 15.5. The fraction of sp³-hybridized carbons (Fsp3) is 0.111. The second-order valence-corrected chi connectivity index (χ2v) is 7.46. The number of dihydropyridines is 1. The van der Waals surface area contributed by atoms with Gasteiger partial charge in [-0.3, -0.25) is 4.79 Å². The molecule has 1 aromatic carbocycles. The Bertz CT molecular complexity index is 1060. The number of nitriles is 1. The van der Waals surface area contributed by atoms with Crippen LogP contribution < -0.4 is 0 Å². The predicted molar refractivity (Wildman–Crippen MR) is 105 cm³/mol. The number of benzene rings is 1. The van der Waals surface area contributed by atoms with E-state index in [0.717, 1.165) is 16.7 Å². The number of thiophene rings is 1. The van der Waals surface area contributed by atoms with Crippen molar-refractivity contribution in [3.63, 3.8) is 0 Å². The molecule has 0 fully saturated rings. The van der Waals surface area contributed by atoms with Crippen LogP contribution in [0.15, 0.2) is 52.2 Å². The Labute approximate surface area is 162 Å². The van der Waals surface area contributed by atoms with E-state index in [2.05, 4.69) is 31.7 Å². The number of amides is 1. The first-order chi connectivity index (χ1) is 13.2. The van der Waals surface area contributed by atoms with Crippen LogP contribution in [0.3, 0.4) is 0 Å². The van der Waals surface area contributed by atoms with Crippen molar-refractivity contribution < 1.29 is 4.79 Å². The van der Waals surface area contributed by atoms with E-state index in [-0.39, 0.29) is 5.91 Å². The van der Waals surface area contributed by atoms with Crippen molar-refractivity contribution in [2.24, 2.45) is 10.9 Å². The highest BCUT2D eigenvalue weighted by molar-refractivity contribution is 8.13. The Hall–Kier alpha value is -3.09. The van der Waals surface area contributed by atoms with E-state index in [9.17, 15) is 10.1 Å². The number of hydrogen-bond donors (Lipinski definition) is 1. The molecular weight excluding hydrogens is 380 g/mol. The van der Waals surface area contributed by atoms with Gasteiger partial charge in [0.2, 0.25) is 5.82 Å². The molecule has 1 amide bonds. The quantitative estimate of drug-likeness (QED) is 0.730. The third-order valence-electron chi connectivity index (χ3n) is 3.96. The maximum absolute atomic E-state index is 12.1. The van der Waals surface area contributed by atoms with Crippen molar-refractivity contribution in [3.8, 4) is 17.5 Å². The fourth-order valence-corrected chi connectivity index (χ4v) is 4.38. The van der Waals surface area contributed by atoms with Crippen LogP contribution in [0.4, 0.5) is 0 Å². The zero-order chi connectivity index (χ0) is 18.6. The van der Waals surface area contributed by atoms with Gasteiger partial charge in [0.25, 0.3) is 5.91 Å². The number of nitrogens with one attached hydrogen (secondary N) is 1. The van der Waals surface area contributed by atoms with Gasteiger partial charge in [0.15, 0.2) is 0 Å². The average molecular weight is 392 g/mol. The van der Waals surface area contributed by atoms with Gasteiger partial charge in [-0.1, -0.05) is 18.2 Å². The summed E-state index contributed by atoms with van der Waals surface area (Å²) in [6.45, 7) is 0. The molecule has 9 heteroatoms. The number of H-pyrrole nitrogens is 1. The number of carbonyl (C=O) groups excluding carboxylic acids is 1. The van der Waals surface area contributed by atoms with Gasteiger partial charge in [-0.25, -0.2) is 4.99 Å². The number of carbonyl (C=O) groups is 1. The lowest BCUT2D eigenvalue weighted by Crippen LogP contribution is -2.18. The number of thioether (sulfide) groups is 1. The van der Waals surface area contributed by atoms with Crippen molar-refractivity contribution in [1.82, 2.24) is 20.6 Å². The highest BCUT2D eigenvalue weighted by Gasteiger charge is 2.27. The molecule has 1 aliphatic rings. The average Bonchev–Trinajstić information content (AvgIpc) is 3.40. The number of allylic oxidation sites excluding steroid dienone is 1. The lowest BCUT2D eigenvalue weighted by atomic mass is 9.94. The predicted octanol–water partition coefficient (Wildman–Crippen LogP) is 3.32. The zero-order valence-electron chi connectivity index (χ0n) is 13.9. The smallest absolute Gasteiger partial charge is 0.267 e. The molecule has 7 nitrogen and oxygen atoms in total. The number of hydrogen-bond acceptors (Lipinski definition) is 7. The molecule has 27 heavy (non-hydrogen) atoms. The molecule has 0 saturated carbocycles. The van der Waals surface area contributed by atoms with Gasteiger partial charge in [-0.2, -0.15) is 21.8 Å². The fourth-order valence-electron chi connectivity index (χ4n) is 2.72. The van der Waals surface area contributed by atoms with Crippen LogP contribution in [-0.4, -0.2) is 31.6 Å². The molecule has 0 spiro atoms. The summed E-state index contributed by atoms with van der Waals surface area (Å²) in [4.78, 5) is 16.1. The highest BCUT2D eigenvalue weighted by Crippen LogP contribution is 2.34. The summed E-state index contributed by atoms with van der Waals surface area (Å²) < 4.78 is 0. The SMILES string of the molecule is N#CC1C(c2ccsc2)=CC(=O)N=C1SCc1cccc(-c2nn[nH]n2)c1. The third-order valence-corrected chi connectivity index (χ3v) is 5.74. The first-order valence-electron chi connectivity index (χ1n) is 7.96. The van der Waals surface area contributed by atoms with Gasteiger partial charge in [0, 0.05) is 17.4 Å². The summed E-state index contributed by atoms with van der Waals surface area (Å²) in [7, 11) is 0. The summed E-state index contributed by atoms with van der Waals surface area (Å²) in [6.07, 6.45) is 1.46. The summed E-state index contributed by atoms with van der Waals surface area (Å²) in [6, 6.07) is 11.9. The topological polar surface area (TPSA) is 108 Å². The normalized spacial score (nSPS) is 16.6. The molecule has 0 aliphatic carbocycles. The Morgan fingerprint density at radius 1 is 1.30 bits per heavy atom. The Morgan fingerprint density at radius 2 is 2.22 bits per heavy atom. The van der Waals surface area contributed by atoms with Crippen LogP contribution in [0.25, 0.3) is 17.0 Å². The van der Waals surface area contributed by atoms with Crippen molar-refractivity contribution in [2.75, 3.05) is 0 Å². The maximum atomic E-state index is 12.1. The van der Waals surface area contributed by atoms with E-state index >= 15 is 0 Å². The lowest BCUT2D eigenvalue weighted by molar-refractivity contribution is -0.113. The second-order valence-electron chi connectivity index (χ2n) is 5.69. The van der Waals surface area contributed by atoms with Crippen LogP contribution in [0.2, 0.25) is 0 Å². The molecule has 2 aromatic heterocycles. The monoisotopic (exact) mass is 392 g/mol.